The van der Waals surface area contributed by atoms with E-state index >= 15 is 0 Å². The second-order valence-electron chi connectivity index (χ2n) is 2.96. The molecule has 0 aliphatic heterocycles. The predicted octanol–water partition coefficient (Wildman–Crippen LogP) is 2.44. The maximum atomic E-state index is 10.4. The number of benzene rings is 1. The third-order valence-electron chi connectivity index (χ3n) is 1.88. The number of hydrogen-bond acceptors (Lipinski definition) is 3. The van der Waals surface area contributed by atoms with Crippen LogP contribution in [0.4, 0.5) is 0 Å². The molecule has 1 aromatic rings. The van der Waals surface area contributed by atoms with E-state index in [2.05, 4.69) is 12.6 Å². The number of allylic oxidation sites excluding steroid dienone is 1. The zero-order chi connectivity index (χ0) is 11.3. The summed E-state index contributed by atoms with van der Waals surface area (Å²) < 4.78 is 5.15. The molecule has 0 amide bonds. The second-order valence-corrected chi connectivity index (χ2v) is 3.22. The summed E-state index contributed by atoms with van der Waals surface area (Å²) in [5.41, 5.74) is 1.57. The molecule has 0 saturated carbocycles. The number of thiol groups is 1. The van der Waals surface area contributed by atoms with E-state index in [4.69, 9.17) is 9.84 Å². The van der Waals surface area contributed by atoms with Gasteiger partial charge in [-0.1, -0.05) is 12.1 Å². The topological polar surface area (TPSA) is 46.5 Å². The lowest BCUT2D eigenvalue weighted by Gasteiger charge is -2.04. The van der Waals surface area contributed by atoms with Gasteiger partial charge in [0.25, 0.3) is 0 Å². The van der Waals surface area contributed by atoms with Gasteiger partial charge in [-0.3, -0.25) is 0 Å². The molecular formula is C11H12O3S. The first-order chi connectivity index (χ1) is 7.13. The molecule has 15 heavy (non-hydrogen) atoms. The Hall–Kier alpha value is -1.42. The van der Waals surface area contributed by atoms with Gasteiger partial charge in [0.05, 0.1) is 0 Å². The lowest BCUT2D eigenvalue weighted by molar-refractivity contribution is -0.131. The van der Waals surface area contributed by atoms with Crippen molar-refractivity contribution < 1.29 is 14.6 Å². The van der Waals surface area contributed by atoms with Gasteiger partial charge in [0.2, 0.25) is 0 Å². The molecule has 0 aliphatic carbocycles. The SMILES string of the molecule is C/C(=C\C(=O)O)c1ccc(OCS)cc1. The summed E-state index contributed by atoms with van der Waals surface area (Å²) in [6.45, 7) is 1.75. The highest BCUT2D eigenvalue weighted by molar-refractivity contribution is 7.80. The van der Waals surface area contributed by atoms with Crippen molar-refractivity contribution in [2.24, 2.45) is 0 Å². The summed E-state index contributed by atoms with van der Waals surface area (Å²) in [5, 5.41) is 8.57. The summed E-state index contributed by atoms with van der Waals surface area (Å²) in [4.78, 5) is 10.4. The molecule has 0 saturated heterocycles. The molecule has 0 atom stereocenters. The smallest absolute Gasteiger partial charge is 0.328 e. The van der Waals surface area contributed by atoms with Crippen LogP contribution in [0.5, 0.6) is 5.75 Å². The van der Waals surface area contributed by atoms with Gasteiger partial charge in [-0.15, -0.1) is 12.6 Å². The van der Waals surface area contributed by atoms with Crippen molar-refractivity contribution in [3.63, 3.8) is 0 Å². The van der Waals surface area contributed by atoms with Gasteiger partial charge >= 0.3 is 5.97 Å². The van der Waals surface area contributed by atoms with Crippen molar-refractivity contribution >= 4 is 24.2 Å². The lowest BCUT2D eigenvalue weighted by Crippen LogP contribution is -1.91. The van der Waals surface area contributed by atoms with Gasteiger partial charge in [-0.25, -0.2) is 4.79 Å². The van der Waals surface area contributed by atoms with Crippen LogP contribution in [-0.4, -0.2) is 17.0 Å². The minimum atomic E-state index is -0.941. The normalized spacial score (nSPS) is 11.2. The Labute approximate surface area is 93.8 Å². The monoisotopic (exact) mass is 224 g/mol. The van der Waals surface area contributed by atoms with Crippen molar-refractivity contribution in [1.29, 1.82) is 0 Å². The van der Waals surface area contributed by atoms with Crippen LogP contribution in [0.15, 0.2) is 30.3 Å². The molecule has 1 N–H and O–H groups in total. The number of carbonyl (C=O) groups is 1. The fourth-order valence-corrected chi connectivity index (χ4v) is 1.31. The molecule has 0 aliphatic rings. The van der Waals surface area contributed by atoms with E-state index < -0.39 is 5.97 Å². The van der Waals surface area contributed by atoms with E-state index in [9.17, 15) is 4.79 Å². The highest BCUT2D eigenvalue weighted by Crippen LogP contribution is 2.18. The summed E-state index contributed by atoms with van der Waals surface area (Å²) in [5.74, 6) is 0.101. The molecule has 1 rings (SSSR count). The number of hydrogen-bond donors (Lipinski definition) is 2. The largest absolute Gasteiger partial charge is 0.483 e. The molecule has 3 nitrogen and oxygen atoms in total. The van der Waals surface area contributed by atoms with Gasteiger partial charge in [0.15, 0.2) is 0 Å². The van der Waals surface area contributed by atoms with E-state index in [-0.39, 0.29) is 0 Å². The Morgan fingerprint density at radius 2 is 2.07 bits per heavy atom. The predicted molar refractivity (Wildman–Crippen MR) is 62.2 cm³/mol. The third kappa shape index (κ3) is 3.67. The average Bonchev–Trinajstić information content (AvgIpc) is 2.18. The van der Waals surface area contributed by atoms with Crippen molar-refractivity contribution in [2.75, 3.05) is 5.94 Å². The van der Waals surface area contributed by atoms with Gasteiger partial charge < -0.3 is 9.84 Å². The highest BCUT2D eigenvalue weighted by Gasteiger charge is 1.99. The van der Waals surface area contributed by atoms with Crippen molar-refractivity contribution in [3.05, 3.63) is 35.9 Å². The molecule has 0 radical (unpaired) electrons. The van der Waals surface area contributed by atoms with Gasteiger partial charge in [-0.2, -0.15) is 0 Å². The van der Waals surface area contributed by atoms with E-state index in [1.54, 1.807) is 19.1 Å². The second kappa shape index (κ2) is 5.46. The Kier molecular flexibility index (Phi) is 4.24. The first kappa shape index (κ1) is 11.7. The number of rotatable bonds is 4. The zero-order valence-corrected chi connectivity index (χ0v) is 9.20. The van der Waals surface area contributed by atoms with Crippen LogP contribution in [0, 0.1) is 0 Å². The summed E-state index contributed by atoms with van der Waals surface area (Å²) >= 11 is 3.93. The van der Waals surface area contributed by atoms with E-state index in [0.717, 1.165) is 11.3 Å². The number of ether oxygens (including phenoxy) is 1. The lowest BCUT2D eigenvalue weighted by atomic mass is 10.1. The fourth-order valence-electron chi connectivity index (χ4n) is 1.16. The molecule has 0 fully saturated rings. The van der Waals surface area contributed by atoms with Crippen LogP contribution in [-0.2, 0) is 4.79 Å². The van der Waals surface area contributed by atoms with Crippen LogP contribution in [0.25, 0.3) is 5.57 Å². The van der Waals surface area contributed by atoms with Crippen LogP contribution in [0.2, 0.25) is 0 Å². The molecule has 4 heteroatoms. The minimum Gasteiger partial charge on any atom is -0.483 e. The molecule has 0 spiro atoms. The molecule has 0 unspecified atom stereocenters. The Morgan fingerprint density at radius 3 is 2.53 bits per heavy atom. The number of carboxylic acid groups (broad SMARTS) is 1. The first-order valence-corrected chi connectivity index (χ1v) is 5.02. The van der Waals surface area contributed by atoms with Gasteiger partial charge in [-0.05, 0) is 30.2 Å². The Bertz CT molecular complexity index is 368. The molecule has 80 valence electrons. The van der Waals surface area contributed by atoms with E-state index in [1.807, 2.05) is 12.1 Å². The highest BCUT2D eigenvalue weighted by atomic mass is 32.1. The van der Waals surface area contributed by atoms with E-state index in [0.29, 0.717) is 11.5 Å². The Morgan fingerprint density at radius 1 is 1.47 bits per heavy atom. The minimum absolute atomic E-state index is 0.323. The fraction of sp³-hybridized carbons (Fsp3) is 0.182. The van der Waals surface area contributed by atoms with Crippen molar-refractivity contribution in [2.45, 2.75) is 6.92 Å². The maximum Gasteiger partial charge on any atom is 0.328 e. The standard InChI is InChI=1S/C11H12O3S/c1-8(6-11(12)13)9-2-4-10(5-3-9)14-7-15/h2-6,15H,7H2,1H3,(H,12,13)/b8-6+. The van der Waals surface area contributed by atoms with Gasteiger partial charge in [0.1, 0.15) is 11.7 Å². The van der Waals surface area contributed by atoms with Crippen LogP contribution >= 0.6 is 12.6 Å². The molecule has 0 heterocycles. The first-order valence-electron chi connectivity index (χ1n) is 4.39. The van der Waals surface area contributed by atoms with Crippen LogP contribution in [0.1, 0.15) is 12.5 Å². The Balaban J connectivity index is 2.84. The van der Waals surface area contributed by atoms with Crippen molar-refractivity contribution in [3.8, 4) is 5.75 Å². The zero-order valence-electron chi connectivity index (χ0n) is 8.30. The summed E-state index contributed by atoms with van der Waals surface area (Å²) in [6, 6.07) is 7.19. The maximum absolute atomic E-state index is 10.4. The van der Waals surface area contributed by atoms with Crippen LogP contribution < -0.4 is 4.74 Å². The summed E-state index contributed by atoms with van der Waals surface area (Å²) in [6.07, 6.45) is 1.18. The van der Waals surface area contributed by atoms with Gasteiger partial charge in [0, 0.05) is 6.08 Å². The molecule has 1 aromatic carbocycles. The number of aliphatic carboxylic acids is 1. The van der Waals surface area contributed by atoms with Crippen molar-refractivity contribution in [1.82, 2.24) is 0 Å². The third-order valence-corrected chi connectivity index (χ3v) is 2.01. The van der Waals surface area contributed by atoms with E-state index in [1.165, 1.54) is 6.08 Å². The molecule has 0 aromatic heterocycles. The molecular weight excluding hydrogens is 212 g/mol. The molecule has 0 bridgehead atoms. The van der Waals surface area contributed by atoms with Crippen LogP contribution in [0.3, 0.4) is 0 Å². The average molecular weight is 224 g/mol. The quantitative estimate of drug-likeness (QED) is 0.469. The number of carboxylic acids is 1. The summed E-state index contributed by atoms with van der Waals surface area (Å²) in [7, 11) is 0.